The number of nitrogens with one attached hydrogen (secondary N) is 2. The van der Waals surface area contributed by atoms with E-state index >= 15 is 0 Å². The molecule has 0 fully saturated rings. The highest BCUT2D eigenvalue weighted by Crippen LogP contribution is 2.38. The number of pyridine rings is 1. The van der Waals surface area contributed by atoms with Crippen LogP contribution in [0.25, 0.3) is 65.5 Å². The van der Waals surface area contributed by atoms with E-state index in [4.69, 9.17) is 9.41 Å². The molecule has 9 aromatic rings. The van der Waals surface area contributed by atoms with Gasteiger partial charge in [-0.3, -0.25) is 5.32 Å². The summed E-state index contributed by atoms with van der Waals surface area (Å²) in [6.07, 6.45) is 1.32. The zero-order chi connectivity index (χ0) is 32.3. The normalized spacial score (nSPS) is 16.4. The molecule has 0 spiro atoms. The van der Waals surface area contributed by atoms with Gasteiger partial charge in [0.1, 0.15) is 23.8 Å². The fraction of sp³-hybridized carbons (Fsp3) is 0.0455. The van der Waals surface area contributed by atoms with Gasteiger partial charge in [0.2, 0.25) is 5.71 Å². The number of aliphatic imine (C=N–C) groups is 1. The average molecular weight is 631 g/mol. The Bertz CT molecular complexity index is 2750. The van der Waals surface area contributed by atoms with Crippen molar-refractivity contribution in [1.29, 1.82) is 0 Å². The Balaban J connectivity index is 1.17. The summed E-state index contributed by atoms with van der Waals surface area (Å²) < 4.78 is 6.45. The van der Waals surface area contributed by atoms with Crippen LogP contribution in [-0.4, -0.2) is 10.8 Å². The van der Waals surface area contributed by atoms with E-state index in [9.17, 15) is 0 Å². The van der Waals surface area contributed by atoms with E-state index in [2.05, 4.69) is 155 Å². The van der Waals surface area contributed by atoms with Gasteiger partial charge in [0, 0.05) is 22.5 Å². The van der Waals surface area contributed by atoms with Crippen LogP contribution < -0.4 is 10.6 Å². The molecule has 0 saturated carbocycles. The SMILES string of the molecule is c1ccc(C2N=C(c3cc(-c4ccc5c(ccc6ccccc65)c4)cc4oc5ncccc5c34)NC(c3ccc4ccccc4c3)N2)cc1. The van der Waals surface area contributed by atoms with Crippen molar-refractivity contribution in [2.75, 3.05) is 0 Å². The van der Waals surface area contributed by atoms with Crippen LogP contribution in [0.15, 0.2) is 167 Å². The second-order valence-corrected chi connectivity index (χ2v) is 12.7. The first-order valence-electron chi connectivity index (χ1n) is 16.6. The molecule has 5 heteroatoms. The van der Waals surface area contributed by atoms with Gasteiger partial charge >= 0.3 is 0 Å². The smallest absolute Gasteiger partial charge is 0.227 e. The van der Waals surface area contributed by atoms with E-state index in [1.807, 2.05) is 12.1 Å². The van der Waals surface area contributed by atoms with Crippen LogP contribution in [0.3, 0.4) is 0 Å². The molecule has 49 heavy (non-hydrogen) atoms. The molecular weight excluding hydrogens is 601 g/mol. The zero-order valence-corrected chi connectivity index (χ0v) is 26.5. The van der Waals surface area contributed by atoms with Crippen LogP contribution in [-0.2, 0) is 0 Å². The zero-order valence-electron chi connectivity index (χ0n) is 26.5. The minimum Gasteiger partial charge on any atom is -0.438 e. The molecule has 2 unspecified atom stereocenters. The summed E-state index contributed by atoms with van der Waals surface area (Å²) in [6.45, 7) is 0. The van der Waals surface area contributed by atoms with Crippen LogP contribution in [0, 0.1) is 0 Å². The number of nitrogens with zero attached hydrogens (tertiary/aromatic N) is 2. The Morgan fingerprint density at radius 3 is 2.20 bits per heavy atom. The highest BCUT2D eigenvalue weighted by molar-refractivity contribution is 6.19. The number of furan rings is 1. The molecule has 1 aliphatic heterocycles. The Kier molecular flexibility index (Phi) is 6.32. The summed E-state index contributed by atoms with van der Waals surface area (Å²) >= 11 is 0. The van der Waals surface area contributed by atoms with Crippen molar-refractivity contribution in [3.8, 4) is 11.1 Å². The molecule has 232 valence electrons. The molecule has 0 radical (unpaired) electrons. The predicted molar refractivity (Wildman–Crippen MR) is 201 cm³/mol. The molecule has 2 atom stereocenters. The first kappa shape index (κ1) is 27.8. The van der Waals surface area contributed by atoms with Gasteiger partial charge in [-0.25, -0.2) is 9.98 Å². The second-order valence-electron chi connectivity index (χ2n) is 12.7. The van der Waals surface area contributed by atoms with Crippen molar-refractivity contribution in [1.82, 2.24) is 15.6 Å². The molecule has 1 aliphatic rings. The van der Waals surface area contributed by atoms with Gasteiger partial charge in [-0.2, -0.15) is 0 Å². The predicted octanol–water partition coefficient (Wildman–Crippen LogP) is 10.4. The summed E-state index contributed by atoms with van der Waals surface area (Å²) in [5.41, 5.74) is 6.77. The van der Waals surface area contributed by atoms with Crippen molar-refractivity contribution in [2.24, 2.45) is 4.99 Å². The highest BCUT2D eigenvalue weighted by Gasteiger charge is 2.28. The van der Waals surface area contributed by atoms with Gasteiger partial charge in [0.15, 0.2) is 0 Å². The Hall–Kier alpha value is -6.30. The molecule has 0 saturated heterocycles. The third kappa shape index (κ3) is 4.74. The summed E-state index contributed by atoms with van der Waals surface area (Å²) in [5, 5.41) is 16.9. The Morgan fingerprint density at radius 2 is 1.29 bits per heavy atom. The lowest BCUT2D eigenvalue weighted by molar-refractivity contribution is 0.409. The molecule has 0 amide bonds. The summed E-state index contributed by atoms with van der Waals surface area (Å²) in [6, 6.07) is 53.7. The van der Waals surface area contributed by atoms with Gasteiger partial charge in [-0.1, -0.05) is 115 Å². The lowest BCUT2D eigenvalue weighted by Crippen LogP contribution is -2.45. The van der Waals surface area contributed by atoms with Crippen molar-refractivity contribution in [2.45, 2.75) is 12.3 Å². The Morgan fingerprint density at radius 1 is 0.531 bits per heavy atom. The number of hydrogen-bond acceptors (Lipinski definition) is 5. The second kappa shape index (κ2) is 11.2. The highest BCUT2D eigenvalue weighted by atomic mass is 16.3. The molecule has 3 heterocycles. The third-order valence-corrected chi connectivity index (χ3v) is 9.77. The quantitative estimate of drug-likeness (QED) is 0.190. The molecule has 10 rings (SSSR count). The number of hydrogen-bond donors (Lipinski definition) is 2. The first-order chi connectivity index (χ1) is 24.2. The van der Waals surface area contributed by atoms with Crippen LogP contribution in [0.5, 0.6) is 0 Å². The maximum Gasteiger partial charge on any atom is 0.227 e. The van der Waals surface area contributed by atoms with Crippen molar-refractivity contribution >= 4 is 60.2 Å². The van der Waals surface area contributed by atoms with E-state index in [-0.39, 0.29) is 12.3 Å². The molecule has 2 aromatic heterocycles. The molecule has 5 nitrogen and oxygen atoms in total. The first-order valence-corrected chi connectivity index (χ1v) is 16.6. The van der Waals surface area contributed by atoms with E-state index in [0.717, 1.165) is 50.0 Å². The topological polar surface area (TPSA) is 62.5 Å². The molecular formula is C44H30N4O. The van der Waals surface area contributed by atoms with E-state index in [1.165, 1.54) is 32.3 Å². The lowest BCUT2D eigenvalue weighted by atomic mass is 9.94. The molecule has 2 N–H and O–H groups in total. The number of rotatable bonds is 4. The molecule has 0 aliphatic carbocycles. The fourth-order valence-corrected chi connectivity index (χ4v) is 7.35. The minimum atomic E-state index is -0.266. The summed E-state index contributed by atoms with van der Waals surface area (Å²) in [5.74, 6) is 0.802. The average Bonchev–Trinajstić information content (AvgIpc) is 3.56. The van der Waals surface area contributed by atoms with Crippen molar-refractivity contribution < 1.29 is 4.42 Å². The standard InChI is InChI=1S/C44H30N4O/c1-2-11-29(12-3-1)41-46-42(33-19-16-27-9-4-5-13-30(27)24-33)48-43(47-41)38-25-34(26-39-40(38)37-15-8-22-45-44(37)49-39)31-20-21-36-32(23-31)18-17-28-10-6-7-14-35(28)36/h1-26,41-42,46H,(H,47,48). The van der Waals surface area contributed by atoms with Gasteiger partial charge in [-0.05, 0) is 91.0 Å². The number of fused-ring (bicyclic) bond motifs is 7. The number of amidine groups is 1. The van der Waals surface area contributed by atoms with Gasteiger partial charge < -0.3 is 9.73 Å². The van der Waals surface area contributed by atoms with Gasteiger partial charge in [-0.15, -0.1) is 0 Å². The van der Waals surface area contributed by atoms with Crippen molar-refractivity contribution in [3.05, 3.63) is 175 Å². The Labute approximate surface area is 282 Å². The molecule has 7 aromatic carbocycles. The number of benzene rings is 7. The van der Waals surface area contributed by atoms with Crippen molar-refractivity contribution in [3.63, 3.8) is 0 Å². The summed E-state index contributed by atoms with van der Waals surface area (Å²) in [4.78, 5) is 9.94. The monoisotopic (exact) mass is 630 g/mol. The third-order valence-electron chi connectivity index (χ3n) is 9.77. The largest absolute Gasteiger partial charge is 0.438 e. The van der Waals surface area contributed by atoms with Gasteiger partial charge in [0.05, 0.1) is 0 Å². The molecule has 0 bridgehead atoms. The lowest BCUT2D eigenvalue weighted by Gasteiger charge is -2.32. The van der Waals surface area contributed by atoms with E-state index in [1.54, 1.807) is 6.20 Å². The van der Waals surface area contributed by atoms with Crippen LogP contribution in [0.1, 0.15) is 29.0 Å². The fourth-order valence-electron chi connectivity index (χ4n) is 7.35. The minimum absolute atomic E-state index is 0.189. The van der Waals surface area contributed by atoms with Crippen LogP contribution >= 0.6 is 0 Å². The maximum absolute atomic E-state index is 6.45. The van der Waals surface area contributed by atoms with E-state index < -0.39 is 0 Å². The maximum atomic E-state index is 6.45. The number of aromatic nitrogens is 1. The summed E-state index contributed by atoms with van der Waals surface area (Å²) in [7, 11) is 0. The van der Waals surface area contributed by atoms with E-state index in [0.29, 0.717) is 5.71 Å². The van der Waals surface area contributed by atoms with Crippen LogP contribution in [0.4, 0.5) is 0 Å². The van der Waals surface area contributed by atoms with Gasteiger partial charge in [0.25, 0.3) is 0 Å². The van der Waals surface area contributed by atoms with Crippen LogP contribution in [0.2, 0.25) is 0 Å².